The highest BCUT2D eigenvalue weighted by atomic mass is 35.5. The highest BCUT2D eigenvalue weighted by Gasteiger charge is 2.10. The zero-order valence-corrected chi connectivity index (χ0v) is 13.0. The quantitative estimate of drug-likeness (QED) is 0.804. The molecule has 0 amide bonds. The van der Waals surface area contributed by atoms with E-state index in [9.17, 15) is 4.39 Å². The first-order chi connectivity index (χ1) is 9.61. The molecule has 2 rings (SSSR count). The number of benzene rings is 1. The molecule has 0 saturated carbocycles. The number of nitrogens with two attached hydrogens (primary N) is 1. The number of halogens is 2. The zero-order chi connectivity index (χ0) is 14.5. The van der Waals surface area contributed by atoms with Crippen LogP contribution in [0.1, 0.15) is 24.9 Å². The number of pyridine rings is 1. The number of rotatable bonds is 6. The highest BCUT2D eigenvalue weighted by Crippen LogP contribution is 2.25. The molecule has 0 unspecified atom stereocenters. The smallest absolute Gasteiger partial charge is 0.131 e. The van der Waals surface area contributed by atoms with Crippen LogP contribution in [0.5, 0.6) is 0 Å². The number of ether oxygens (including phenoxy) is 1. The van der Waals surface area contributed by atoms with Crippen molar-refractivity contribution in [1.82, 2.24) is 4.98 Å². The molecule has 2 aromatic rings. The van der Waals surface area contributed by atoms with Crippen molar-refractivity contribution in [1.29, 1.82) is 0 Å². The molecule has 0 aliphatic rings. The van der Waals surface area contributed by atoms with Crippen LogP contribution in [0.15, 0.2) is 24.3 Å². The Bertz CT molecular complexity index is 592. The molecule has 0 bridgehead atoms. The average Bonchev–Trinajstić information content (AvgIpc) is 2.42. The number of hydrogen-bond acceptors (Lipinski definition) is 4. The third kappa shape index (κ3) is 4.52. The van der Waals surface area contributed by atoms with Crippen molar-refractivity contribution in [2.75, 3.05) is 25.6 Å². The Morgan fingerprint density at radius 2 is 2.14 bits per heavy atom. The van der Waals surface area contributed by atoms with Gasteiger partial charge in [0, 0.05) is 43.3 Å². The molecule has 0 spiro atoms. The normalized spacial score (nSPS) is 12.0. The summed E-state index contributed by atoms with van der Waals surface area (Å²) < 4.78 is 18.3. The van der Waals surface area contributed by atoms with Gasteiger partial charge in [-0.05, 0) is 31.5 Å². The predicted octanol–water partition coefficient (Wildman–Crippen LogP) is 3.26. The van der Waals surface area contributed by atoms with E-state index in [2.05, 4.69) is 10.3 Å². The molecular formula is C15H21ClFN3O. The number of methoxy groups -OCH3 is 1. The summed E-state index contributed by atoms with van der Waals surface area (Å²) in [6.07, 6.45) is 0.873. The van der Waals surface area contributed by atoms with Crippen LogP contribution in [0, 0.1) is 5.82 Å². The fourth-order valence-corrected chi connectivity index (χ4v) is 2.07. The number of hydrogen-bond donors (Lipinski definition) is 2. The van der Waals surface area contributed by atoms with Gasteiger partial charge in [0.2, 0.25) is 0 Å². The van der Waals surface area contributed by atoms with Crippen LogP contribution >= 0.6 is 12.4 Å². The van der Waals surface area contributed by atoms with E-state index in [-0.39, 0.29) is 24.3 Å². The average molecular weight is 314 g/mol. The Morgan fingerprint density at radius 1 is 1.38 bits per heavy atom. The fourth-order valence-electron chi connectivity index (χ4n) is 2.07. The first kappa shape index (κ1) is 17.6. The lowest BCUT2D eigenvalue weighted by atomic mass is 10.1. The topological polar surface area (TPSA) is 60.2 Å². The molecule has 1 aromatic carbocycles. The molecule has 0 aliphatic heterocycles. The van der Waals surface area contributed by atoms with E-state index < -0.39 is 0 Å². The van der Waals surface area contributed by atoms with Crippen LogP contribution in [0.4, 0.5) is 10.2 Å². The van der Waals surface area contributed by atoms with Gasteiger partial charge >= 0.3 is 0 Å². The number of aromatic nitrogens is 1. The van der Waals surface area contributed by atoms with Gasteiger partial charge in [0.05, 0.1) is 5.52 Å². The minimum Gasteiger partial charge on any atom is -0.385 e. The fraction of sp³-hybridized carbons (Fsp3) is 0.400. The Morgan fingerprint density at radius 3 is 2.81 bits per heavy atom. The van der Waals surface area contributed by atoms with Crippen molar-refractivity contribution >= 4 is 29.1 Å². The highest BCUT2D eigenvalue weighted by molar-refractivity contribution is 5.85. The van der Waals surface area contributed by atoms with Crippen molar-refractivity contribution < 1.29 is 9.13 Å². The van der Waals surface area contributed by atoms with Gasteiger partial charge in [0.1, 0.15) is 11.6 Å². The molecule has 1 heterocycles. The molecule has 0 fully saturated rings. The maximum absolute atomic E-state index is 13.3. The number of nitrogens with one attached hydrogen (secondary N) is 1. The van der Waals surface area contributed by atoms with Crippen molar-refractivity contribution in [3.8, 4) is 0 Å². The van der Waals surface area contributed by atoms with Crippen LogP contribution in [0.25, 0.3) is 10.9 Å². The molecule has 0 saturated heterocycles. The van der Waals surface area contributed by atoms with E-state index in [0.29, 0.717) is 17.9 Å². The summed E-state index contributed by atoms with van der Waals surface area (Å²) in [5.74, 6) is 0.429. The van der Waals surface area contributed by atoms with Crippen molar-refractivity contribution in [3.63, 3.8) is 0 Å². The van der Waals surface area contributed by atoms with E-state index in [4.69, 9.17) is 10.5 Å². The summed E-state index contributed by atoms with van der Waals surface area (Å²) >= 11 is 0. The van der Waals surface area contributed by atoms with E-state index in [1.807, 2.05) is 13.0 Å². The third-order valence-electron chi connectivity index (χ3n) is 3.12. The molecule has 0 radical (unpaired) electrons. The van der Waals surface area contributed by atoms with Crippen LogP contribution in [0.3, 0.4) is 0 Å². The maximum atomic E-state index is 13.3. The lowest BCUT2D eigenvalue weighted by molar-refractivity contribution is 0.197. The summed E-state index contributed by atoms with van der Waals surface area (Å²) in [5, 5.41) is 4.14. The zero-order valence-electron chi connectivity index (χ0n) is 12.2. The summed E-state index contributed by atoms with van der Waals surface area (Å²) in [6, 6.07) is 6.41. The van der Waals surface area contributed by atoms with Crippen molar-refractivity contribution in [3.05, 3.63) is 35.6 Å². The first-order valence-corrected chi connectivity index (χ1v) is 6.70. The molecule has 3 N–H and O–H groups in total. The van der Waals surface area contributed by atoms with Gasteiger partial charge in [0.15, 0.2) is 0 Å². The standard InChI is InChI=1S/C15H20FN3O.ClH/c1-10(17)13-8-11-4-5-12(16)9-14(11)19-15(13)18-6-3-7-20-2;/h4-5,8-10H,3,6-7,17H2,1-2H3,(H,18,19);1H/t10-;/m0./s1. The van der Waals surface area contributed by atoms with Crippen LogP contribution in [-0.4, -0.2) is 25.2 Å². The monoisotopic (exact) mass is 313 g/mol. The van der Waals surface area contributed by atoms with Crippen LogP contribution in [-0.2, 0) is 4.74 Å². The van der Waals surface area contributed by atoms with Gasteiger partial charge < -0.3 is 15.8 Å². The molecule has 116 valence electrons. The largest absolute Gasteiger partial charge is 0.385 e. The molecule has 21 heavy (non-hydrogen) atoms. The maximum Gasteiger partial charge on any atom is 0.131 e. The lowest BCUT2D eigenvalue weighted by Gasteiger charge is -2.15. The number of anilines is 1. The lowest BCUT2D eigenvalue weighted by Crippen LogP contribution is -2.13. The Labute approximate surface area is 130 Å². The second-order valence-corrected chi connectivity index (χ2v) is 4.83. The summed E-state index contributed by atoms with van der Waals surface area (Å²) in [4.78, 5) is 4.48. The van der Waals surface area contributed by atoms with Gasteiger partial charge in [-0.15, -0.1) is 12.4 Å². The van der Waals surface area contributed by atoms with E-state index in [1.54, 1.807) is 13.2 Å². The van der Waals surface area contributed by atoms with Crippen LogP contribution < -0.4 is 11.1 Å². The summed E-state index contributed by atoms with van der Waals surface area (Å²) in [5.41, 5.74) is 7.55. The van der Waals surface area contributed by atoms with E-state index in [1.165, 1.54) is 12.1 Å². The number of nitrogens with zero attached hydrogens (tertiary/aromatic N) is 1. The Kier molecular flexibility index (Phi) is 6.81. The molecule has 4 nitrogen and oxygen atoms in total. The van der Waals surface area contributed by atoms with E-state index >= 15 is 0 Å². The van der Waals surface area contributed by atoms with Gasteiger partial charge in [-0.25, -0.2) is 9.37 Å². The molecule has 1 aromatic heterocycles. The summed E-state index contributed by atoms with van der Waals surface area (Å²) in [6.45, 7) is 3.33. The third-order valence-corrected chi connectivity index (χ3v) is 3.12. The van der Waals surface area contributed by atoms with Crippen molar-refractivity contribution in [2.45, 2.75) is 19.4 Å². The predicted molar refractivity (Wildman–Crippen MR) is 86.5 cm³/mol. The minimum absolute atomic E-state index is 0. The molecular weight excluding hydrogens is 293 g/mol. The van der Waals surface area contributed by atoms with Crippen LogP contribution in [0.2, 0.25) is 0 Å². The first-order valence-electron chi connectivity index (χ1n) is 6.70. The SMILES string of the molecule is COCCCNc1nc2cc(F)ccc2cc1[C@H](C)N.Cl. The molecule has 0 aliphatic carbocycles. The van der Waals surface area contributed by atoms with Gasteiger partial charge in [-0.1, -0.05) is 0 Å². The minimum atomic E-state index is -0.288. The Balaban J connectivity index is 0.00000220. The van der Waals surface area contributed by atoms with Crippen molar-refractivity contribution in [2.24, 2.45) is 5.73 Å². The second kappa shape index (κ2) is 8.12. The van der Waals surface area contributed by atoms with E-state index in [0.717, 1.165) is 23.9 Å². The molecule has 6 heteroatoms. The second-order valence-electron chi connectivity index (χ2n) is 4.83. The Hall–Kier alpha value is -1.43. The molecule has 1 atom stereocenters. The number of fused-ring (bicyclic) bond motifs is 1. The van der Waals surface area contributed by atoms with Gasteiger partial charge in [-0.3, -0.25) is 0 Å². The van der Waals surface area contributed by atoms with Gasteiger partial charge in [0.25, 0.3) is 0 Å². The van der Waals surface area contributed by atoms with Gasteiger partial charge in [-0.2, -0.15) is 0 Å². The summed E-state index contributed by atoms with van der Waals surface area (Å²) in [7, 11) is 1.67.